The Kier molecular flexibility index (Phi) is 3.86. The molecule has 2 aliphatic heterocycles. The predicted octanol–water partition coefficient (Wildman–Crippen LogP) is 4.69. The summed E-state index contributed by atoms with van der Waals surface area (Å²) in [6.45, 7) is 8.95. The van der Waals surface area contributed by atoms with Crippen LogP contribution in [-0.4, -0.2) is 25.6 Å². The molecule has 0 atom stereocenters. The molecule has 0 fully saturated rings. The third-order valence-electron chi connectivity index (χ3n) is 6.19. The number of hydrogen-bond donors (Lipinski definition) is 1. The van der Waals surface area contributed by atoms with Crippen molar-refractivity contribution in [3.8, 4) is 5.82 Å². The van der Waals surface area contributed by atoms with Crippen LogP contribution in [0.2, 0.25) is 0 Å². The number of ether oxygens (including phenoxy) is 1. The van der Waals surface area contributed by atoms with Gasteiger partial charge < -0.3 is 10.1 Å². The Morgan fingerprint density at radius 3 is 2.72 bits per heavy atom. The van der Waals surface area contributed by atoms with Crippen LogP contribution in [-0.2, 0) is 22.5 Å². The van der Waals surface area contributed by atoms with Crippen LogP contribution in [0.15, 0.2) is 60.0 Å². The van der Waals surface area contributed by atoms with E-state index < -0.39 is 5.60 Å². The molecule has 6 rings (SSSR count). The third kappa shape index (κ3) is 2.85. The standard InChI is InChI=1S/C25H24N6O/c1-24(2)19-14-31(30-21(19)25(3,4)32-24)23-18-8-7-17(12-15(18)9-11-27-23)29-22-20-16(13-28-22)6-5-10-26-20/h5-12,14H,13H2,1-4H3,(H,28,29). The minimum Gasteiger partial charge on any atom is -0.358 e. The van der Waals surface area contributed by atoms with Gasteiger partial charge in [-0.1, -0.05) is 6.07 Å². The second-order valence-corrected chi connectivity index (χ2v) is 9.33. The minimum atomic E-state index is -0.432. The Morgan fingerprint density at radius 1 is 1.00 bits per heavy atom. The number of hydrogen-bond acceptors (Lipinski definition) is 6. The van der Waals surface area contributed by atoms with Crippen LogP contribution in [0.25, 0.3) is 16.6 Å². The van der Waals surface area contributed by atoms with Crippen LogP contribution in [0.3, 0.4) is 0 Å². The molecule has 0 amide bonds. The van der Waals surface area contributed by atoms with Crippen LogP contribution in [0, 0.1) is 0 Å². The molecule has 7 nitrogen and oxygen atoms in total. The fraction of sp³-hybridized carbons (Fsp3) is 0.280. The lowest BCUT2D eigenvalue weighted by Crippen LogP contribution is -2.24. The van der Waals surface area contributed by atoms with Crippen LogP contribution in [0.1, 0.15) is 50.2 Å². The predicted molar refractivity (Wildman–Crippen MR) is 124 cm³/mol. The van der Waals surface area contributed by atoms with Gasteiger partial charge in [0.25, 0.3) is 0 Å². The fourth-order valence-electron chi connectivity index (χ4n) is 4.79. The van der Waals surface area contributed by atoms with E-state index in [0.717, 1.165) is 50.6 Å². The van der Waals surface area contributed by atoms with Crippen molar-refractivity contribution in [1.82, 2.24) is 19.7 Å². The highest BCUT2D eigenvalue weighted by molar-refractivity contribution is 6.10. The summed E-state index contributed by atoms with van der Waals surface area (Å²) in [6, 6.07) is 12.3. The molecule has 4 aromatic rings. The highest BCUT2D eigenvalue weighted by Crippen LogP contribution is 2.46. The Balaban J connectivity index is 1.38. The summed E-state index contributed by atoms with van der Waals surface area (Å²) in [7, 11) is 0. The molecule has 0 radical (unpaired) electrons. The van der Waals surface area contributed by atoms with Crippen LogP contribution >= 0.6 is 0 Å². The number of aliphatic imine (C=N–C) groups is 1. The quantitative estimate of drug-likeness (QED) is 0.505. The molecule has 0 saturated carbocycles. The van der Waals surface area contributed by atoms with E-state index in [2.05, 4.69) is 66.2 Å². The molecule has 0 aliphatic carbocycles. The topological polar surface area (TPSA) is 77.2 Å². The second kappa shape index (κ2) is 6.46. The number of aromatic nitrogens is 4. The average molecular weight is 425 g/mol. The van der Waals surface area contributed by atoms with Crippen molar-refractivity contribution in [2.24, 2.45) is 4.99 Å². The molecular weight excluding hydrogens is 400 g/mol. The van der Waals surface area contributed by atoms with Gasteiger partial charge in [-0.05, 0) is 63.4 Å². The Labute approximate surface area is 186 Å². The van der Waals surface area contributed by atoms with Gasteiger partial charge in [-0.25, -0.2) is 9.67 Å². The summed E-state index contributed by atoms with van der Waals surface area (Å²) in [4.78, 5) is 13.7. The van der Waals surface area contributed by atoms with Crippen molar-refractivity contribution in [2.75, 3.05) is 5.32 Å². The van der Waals surface area contributed by atoms with E-state index in [9.17, 15) is 0 Å². The lowest BCUT2D eigenvalue weighted by Gasteiger charge is -2.25. The second-order valence-electron chi connectivity index (χ2n) is 9.33. The number of nitrogens with zero attached hydrogens (tertiary/aromatic N) is 5. The van der Waals surface area contributed by atoms with Crippen LogP contribution in [0.5, 0.6) is 0 Å². The smallest absolute Gasteiger partial charge is 0.161 e. The Morgan fingerprint density at radius 2 is 1.88 bits per heavy atom. The zero-order chi connectivity index (χ0) is 22.1. The molecule has 0 unspecified atom stereocenters. The van der Waals surface area contributed by atoms with E-state index in [1.165, 1.54) is 0 Å². The van der Waals surface area contributed by atoms with Crippen molar-refractivity contribution in [1.29, 1.82) is 0 Å². The summed E-state index contributed by atoms with van der Waals surface area (Å²) in [5, 5.41) is 10.4. The monoisotopic (exact) mass is 424 g/mol. The lowest BCUT2D eigenvalue weighted by molar-refractivity contribution is -0.107. The molecule has 160 valence electrons. The van der Waals surface area contributed by atoms with E-state index in [1.807, 2.05) is 35.3 Å². The van der Waals surface area contributed by atoms with Gasteiger partial charge in [0.2, 0.25) is 0 Å². The molecule has 0 spiro atoms. The third-order valence-corrected chi connectivity index (χ3v) is 6.19. The largest absolute Gasteiger partial charge is 0.358 e. The Hall–Kier alpha value is -3.58. The van der Waals surface area contributed by atoms with Gasteiger partial charge in [-0.15, -0.1) is 0 Å². The van der Waals surface area contributed by atoms with Gasteiger partial charge in [0, 0.05) is 40.8 Å². The summed E-state index contributed by atoms with van der Waals surface area (Å²) >= 11 is 0. The molecule has 0 bridgehead atoms. The number of fused-ring (bicyclic) bond motifs is 3. The van der Waals surface area contributed by atoms with E-state index in [4.69, 9.17) is 9.84 Å². The normalized spacial score (nSPS) is 17.8. The fourth-order valence-corrected chi connectivity index (χ4v) is 4.79. The van der Waals surface area contributed by atoms with Crippen molar-refractivity contribution in [3.63, 3.8) is 0 Å². The van der Waals surface area contributed by atoms with Gasteiger partial charge in [0.15, 0.2) is 11.7 Å². The average Bonchev–Trinajstić information content (AvgIpc) is 3.42. The van der Waals surface area contributed by atoms with E-state index in [1.54, 1.807) is 6.20 Å². The molecular formula is C25H24N6O. The maximum Gasteiger partial charge on any atom is 0.161 e. The zero-order valence-electron chi connectivity index (χ0n) is 18.5. The number of benzene rings is 1. The van der Waals surface area contributed by atoms with Crippen molar-refractivity contribution >= 4 is 22.3 Å². The maximum absolute atomic E-state index is 6.21. The number of amidine groups is 1. The maximum atomic E-state index is 6.21. The van der Waals surface area contributed by atoms with Gasteiger partial charge in [0.1, 0.15) is 17.0 Å². The van der Waals surface area contributed by atoms with Gasteiger partial charge in [0.05, 0.1) is 12.1 Å². The highest BCUT2D eigenvalue weighted by atomic mass is 16.5. The van der Waals surface area contributed by atoms with Crippen molar-refractivity contribution in [3.05, 3.63) is 77.5 Å². The van der Waals surface area contributed by atoms with Gasteiger partial charge >= 0.3 is 0 Å². The molecule has 7 heteroatoms. The van der Waals surface area contributed by atoms with Gasteiger partial charge in [-0.3, -0.25) is 9.98 Å². The minimum absolute atomic E-state index is 0.384. The zero-order valence-corrected chi connectivity index (χ0v) is 18.5. The molecule has 0 saturated heterocycles. The first-order chi connectivity index (χ1) is 15.3. The van der Waals surface area contributed by atoms with Crippen molar-refractivity contribution in [2.45, 2.75) is 45.4 Å². The molecule has 1 aromatic carbocycles. The van der Waals surface area contributed by atoms with Gasteiger partial charge in [-0.2, -0.15) is 5.10 Å². The first-order valence-corrected chi connectivity index (χ1v) is 10.8. The summed E-state index contributed by atoms with van der Waals surface area (Å²) in [6.07, 6.45) is 5.67. The highest BCUT2D eigenvalue weighted by Gasteiger charge is 2.46. The molecule has 1 N–H and O–H groups in total. The number of rotatable bonds is 2. The first kappa shape index (κ1) is 19.1. The van der Waals surface area contributed by atoms with Crippen LogP contribution < -0.4 is 5.32 Å². The number of anilines is 1. The number of pyridine rings is 2. The summed E-state index contributed by atoms with van der Waals surface area (Å²) < 4.78 is 8.09. The van der Waals surface area contributed by atoms with E-state index in [0.29, 0.717) is 6.54 Å². The molecule has 32 heavy (non-hydrogen) atoms. The lowest BCUT2D eigenvalue weighted by atomic mass is 9.98. The van der Waals surface area contributed by atoms with E-state index >= 15 is 0 Å². The van der Waals surface area contributed by atoms with E-state index in [-0.39, 0.29) is 5.60 Å². The molecule has 5 heterocycles. The van der Waals surface area contributed by atoms with Crippen LogP contribution in [0.4, 0.5) is 5.69 Å². The first-order valence-electron chi connectivity index (χ1n) is 10.8. The summed E-state index contributed by atoms with van der Waals surface area (Å²) in [5.41, 5.74) is 4.27. The summed E-state index contributed by atoms with van der Waals surface area (Å²) in [5.74, 6) is 1.61. The molecule has 2 aliphatic rings. The molecule has 3 aromatic heterocycles. The number of nitrogens with one attached hydrogen (secondary N) is 1. The SMILES string of the molecule is CC1(C)OC(C)(C)c2nn(-c3nccc4cc(NC5=NCc6cccnc65)ccc34)cc21. The van der Waals surface area contributed by atoms with Crippen molar-refractivity contribution < 1.29 is 4.74 Å². The Bertz CT molecular complexity index is 1380.